The van der Waals surface area contributed by atoms with Crippen molar-refractivity contribution in [3.05, 3.63) is 35.6 Å². The molecule has 7 heteroatoms. The number of nitrogens with one attached hydrogen (secondary N) is 2. The number of likely N-dealkylation sites (N-methyl/N-ethyl adjacent to an activating group) is 1. The first-order valence-electron chi connectivity index (χ1n) is 11.0. The van der Waals surface area contributed by atoms with Gasteiger partial charge in [-0.05, 0) is 62.1 Å². The highest BCUT2D eigenvalue weighted by molar-refractivity contribution is 5.78. The zero-order valence-corrected chi connectivity index (χ0v) is 18.0. The monoisotopic (exact) mass is 419 g/mol. The number of benzene rings is 1. The average molecular weight is 420 g/mol. The summed E-state index contributed by atoms with van der Waals surface area (Å²) in [5.41, 5.74) is 1.04. The summed E-state index contributed by atoms with van der Waals surface area (Å²) in [6.07, 6.45) is 3.74. The Morgan fingerprint density at radius 2 is 1.83 bits per heavy atom. The van der Waals surface area contributed by atoms with Crippen molar-refractivity contribution in [3.63, 3.8) is 0 Å². The molecule has 2 amide bonds. The molecule has 2 N–H and O–H groups in total. The van der Waals surface area contributed by atoms with Crippen LogP contribution in [0.15, 0.2) is 24.3 Å². The van der Waals surface area contributed by atoms with Gasteiger partial charge in [0, 0.05) is 33.2 Å². The summed E-state index contributed by atoms with van der Waals surface area (Å²) in [6, 6.07) is 6.45. The maximum absolute atomic E-state index is 13.0. The Morgan fingerprint density at radius 3 is 2.50 bits per heavy atom. The molecule has 2 aliphatic rings. The Balaban J connectivity index is 1.45. The van der Waals surface area contributed by atoms with Gasteiger partial charge in [0.25, 0.3) is 0 Å². The van der Waals surface area contributed by atoms with Crippen molar-refractivity contribution < 1.29 is 18.7 Å². The third-order valence-corrected chi connectivity index (χ3v) is 6.37. The number of fused-ring (bicyclic) bond motifs is 1. The Morgan fingerprint density at radius 1 is 1.13 bits per heavy atom. The predicted molar refractivity (Wildman–Crippen MR) is 113 cm³/mol. The molecule has 0 radical (unpaired) electrons. The van der Waals surface area contributed by atoms with Crippen LogP contribution in [0.4, 0.5) is 4.39 Å². The van der Waals surface area contributed by atoms with Crippen molar-refractivity contribution in [1.82, 2.24) is 15.5 Å². The Hall–Kier alpha value is -1.99. The smallest absolute Gasteiger partial charge is 0.234 e. The molecule has 0 aromatic heterocycles. The van der Waals surface area contributed by atoms with E-state index in [1.54, 1.807) is 19.2 Å². The lowest BCUT2D eigenvalue weighted by Gasteiger charge is -2.37. The van der Waals surface area contributed by atoms with E-state index in [1.807, 2.05) is 6.92 Å². The number of aryl methyl sites for hydroxylation is 1. The summed E-state index contributed by atoms with van der Waals surface area (Å²) in [5.74, 6) is 0.866. The van der Waals surface area contributed by atoms with E-state index in [9.17, 15) is 14.0 Å². The fourth-order valence-electron chi connectivity index (χ4n) is 4.89. The van der Waals surface area contributed by atoms with E-state index in [0.29, 0.717) is 31.3 Å². The second-order valence-electron chi connectivity index (χ2n) is 8.57. The molecule has 3 rings (SSSR count). The summed E-state index contributed by atoms with van der Waals surface area (Å²) < 4.78 is 18.7. The molecular weight excluding hydrogens is 385 g/mol. The van der Waals surface area contributed by atoms with E-state index in [-0.39, 0.29) is 29.8 Å². The molecule has 2 fully saturated rings. The topological polar surface area (TPSA) is 70.7 Å². The number of amides is 2. The number of rotatable bonds is 9. The van der Waals surface area contributed by atoms with Gasteiger partial charge in [-0.1, -0.05) is 12.1 Å². The second-order valence-corrected chi connectivity index (χ2v) is 8.57. The Kier molecular flexibility index (Phi) is 8.22. The normalized spacial score (nSPS) is 26.2. The number of hydrogen-bond acceptors (Lipinski definition) is 4. The number of hydrogen-bond donors (Lipinski definition) is 2. The molecule has 1 aromatic rings. The lowest BCUT2D eigenvalue weighted by atomic mass is 9.77. The van der Waals surface area contributed by atoms with Crippen LogP contribution in [0.2, 0.25) is 0 Å². The SMILES string of the molecule is CCNC(=O)CN1C[C@H]2C[C@H](OC)[C@@H](NC(=O)CCCc3ccc(F)cc3)C[C@H]2C1. The molecule has 4 atom stereocenters. The lowest BCUT2D eigenvalue weighted by Crippen LogP contribution is -2.50. The molecule has 1 aliphatic carbocycles. The van der Waals surface area contributed by atoms with Crippen molar-refractivity contribution in [3.8, 4) is 0 Å². The van der Waals surface area contributed by atoms with Gasteiger partial charge in [0.1, 0.15) is 5.82 Å². The molecule has 30 heavy (non-hydrogen) atoms. The molecule has 0 unspecified atom stereocenters. The fourth-order valence-corrected chi connectivity index (χ4v) is 4.89. The minimum atomic E-state index is -0.242. The van der Waals surface area contributed by atoms with Crippen molar-refractivity contribution in [2.75, 3.05) is 33.3 Å². The van der Waals surface area contributed by atoms with Gasteiger partial charge >= 0.3 is 0 Å². The van der Waals surface area contributed by atoms with Crippen LogP contribution < -0.4 is 10.6 Å². The summed E-state index contributed by atoms with van der Waals surface area (Å²) in [4.78, 5) is 26.6. The van der Waals surface area contributed by atoms with Gasteiger partial charge in [0.2, 0.25) is 11.8 Å². The number of methoxy groups -OCH3 is 1. The maximum Gasteiger partial charge on any atom is 0.234 e. The van der Waals surface area contributed by atoms with Gasteiger partial charge < -0.3 is 15.4 Å². The van der Waals surface area contributed by atoms with Gasteiger partial charge in [-0.2, -0.15) is 0 Å². The first-order chi connectivity index (χ1) is 14.5. The number of carbonyl (C=O) groups excluding carboxylic acids is 2. The summed E-state index contributed by atoms with van der Waals surface area (Å²) in [7, 11) is 1.71. The van der Waals surface area contributed by atoms with Gasteiger partial charge in [-0.3, -0.25) is 14.5 Å². The molecule has 1 saturated heterocycles. The highest BCUT2D eigenvalue weighted by Crippen LogP contribution is 2.37. The largest absolute Gasteiger partial charge is 0.379 e. The third kappa shape index (κ3) is 6.25. The van der Waals surface area contributed by atoms with E-state index in [4.69, 9.17) is 4.74 Å². The number of halogens is 1. The minimum absolute atomic E-state index is 0.0108. The molecule has 166 valence electrons. The van der Waals surface area contributed by atoms with E-state index in [1.165, 1.54) is 12.1 Å². The summed E-state index contributed by atoms with van der Waals surface area (Å²) in [5, 5.41) is 6.04. The zero-order valence-electron chi connectivity index (χ0n) is 18.0. The minimum Gasteiger partial charge on any atom is -0.379 e. The lowest BCUT2D eigenvalue weighted by molar-refractivity contribution is -0.124. The molecule has 6 nitrogen and oxygen atoms in total. The second kappa shape index (κ2) is 10.9. The number of ether oxygens (including phenoxy) is 1. The molecule has 0 bridgehead atoms. The quantitative estimate of drug-likeness (QED) is 0.643. The molecule has 1 aromatic carbocycles. The van der Waals surface area contributed by atoms with Crippen LogP contribution >= 0.6 is 0 Å². The van der Waals surface area contributed by atoms with Crippen LogP contribution in [-0.2, 0) is 20.7 Å². The maximum atomic E-state index is 13.0. The van der Waals surface area contributed by atoms with Crippen molar-refractivity contribution in [2.45, 2.75) is 51.2 Å². The van der Waals surface area contributed by atoms with Gasteiger partial charge in [-0.25, -0.2) is 4.39 Å². The Labute approximate surface area is 178 Å². The van der Waals surface area contributed by atoms with Crippen LogP contribution in [0, 0.1) is 17.7 Å². The molecule has 1 aliphatic heterocycles. The van der Waals surface area contributed by atoms with Crippen molar-refractivity contribution in [2.24, 2.45) is 11.8 Å². The van der Waals surface area contributed by atoms with E-state index in [0.717, 1.165) is 44.3 Å². The fraction of sp³-hybridized carbons (Fsp3) is 0.652. The summed E-state index contributed by atoms with van der Waals surface area (Å²) in [6.45, 7) is 4.84. The molecule has 1 heterocycles. The van der Waals surface area contributed by atoms with E-state index < -0.39 is 0 Å². The van der Waals surface area contributed by atoms with Gasteiger partial charge in [0.05, 0.1) is 18.7 Å². The number of carbonyl (C=O) groups is 2. The Bertz CT molecular complexity index is 712. The highest BCUT2D eigenvalue weighted by atomic mass is 19.1. The van der Waals surface area contributed by atoms with Crippen molar-refractivity contribution in [1.29, 1.82) is 0 Å². The van der Waals surface area contributed by atoms with E-state index in [2.05, 4.69) is 15.5 Å². The van der Waals surface area contributed by atoms with Gasteiger partial charge in [-0.15, -0.1) is 0 Å². The van der Waals surface area contributed by atoms with Crippen LogP contribution in [0.25, 0.3) is 0 Å². The van der Waals surface area contributed by atoms with Gasteiger partial charge in [0.15, 0.2) is 0 Å². The highest BCUT2D eigenvalue weighted by Gasteiger charge is 2.43. The van der Waals surface area contributed by atoms with Crippen LogP contribution in [0.3, 0.4) is 0 Å². The number of likely N-dealkylation sites (tertiary alicyclic amines) is 1. The predicted octanol–water partition coefficient (Wildman–Crippen LogP) is 2.13. The first kappa shape index (κ1) is 22.7. The van der Waals surface area contributed by atoms with Crippen LogP contribution in [0.1, 0.15) is 38.2 Å². The summed E-state index contributed by atoms with van der Waals surface area (Å²) >= 11 is 0. The van der Waals surface area contributed by atoms with Crippen molar-refractivity contribution >= 4 is 11.8 Å². The first-order valence-corrected chi connectivity index (χ1v) is 11.0. The average Bonchev–Trinajstić information content (AvgIpc) is 3.09. The third-order valence-electron chi connectivity index (χ3n) is 6.37. The van der Waals surface area contributed by atoms with Crippen LogP contribution in [-0.4, -0.2) is 62.1 Å². The zero-order chi connectivity index (χ0) is 21.5. The van der Waals surface area contributed by atoms with Crippen LogP contribution in [0.5, 0.6) is 0 Å². The standard InChI is InChI=1S/C23H34FN3O3/c1-3-25-23(29)15-27-13-17-11-20(21(30-2)12-18(17)14-27)26-22(28)6-4-5-16-7-9-19(24)10-8-16/h7-10,17-18,20-21H,3-6,11-15H2,1-2H3,(H,25,29)(H,26,28)/t17-,18+,20-,21-/m0/s1. The molecular formula is C23H34FN3O3. The van der Waals surface area contributed by atoms with E-state index >= 15 is 0 Å². The number of nitrogens with zero attached hydrogens (tertiary/aromatic N) is 1. The molecule has 0 spiro atoms. The molecule has 1 saturated carbocycles.